The largest absolute Gasteiger partial charge is 0.342 e. The van der Waals surface area contributed by atoms with Crippen LogP contribution in [-0.2, 0) is 4.79 Å². The van der Waals surface area contributed by atoms with Gasteiger partial charge in [0.15, 0.2) is 0 Å². The molecule has 1 heterocycles. The van der Waals surface area contributed by atoms with E-state index in [4.69, 9.17) is 5.73 Å². The van der Waals surface area contributed by atoms with Crippen LogP contribution in [0.5, 0.6) is 0 Å². The smallest absolute Gasteiger partial charge is 0.241 e. The number of rotatable bonds is 6. The molecule has 1 saturated carbocycles. The summed E-state index contributed by atoms with van der Waals surface area (Å²) in [6, 6.07) is 5.30. The molecule has 1 aliphatic carbocycles. The topological polar surface area (TPSA) is 83.8 Å². The van der Waals surface area contributed by atoms with Crippen LogP contribution in [0.25, 0.3) is 11.0 Å². The molecule has 3 rings (SSSR count). The first-order chi connectivity index (χ1) is 10.7. The van der Waals surface area contributed by atoms with Gasteiger partial charge in [0.2, 0.25) is 5.91 Å². The summed E-state index contributed by atoms with van der Waals surface area (Å²) in [5.41, 5.74) is 8.57. The fraction of sp³-hybridized carbons (Fsp3) is 0.500. The van der Waals surface area contributed by atoms with Gasteiger partial charge in [0, 0.05) is 11.6 Å². The number of aromatic nitrogens is 2. The van der Waals surface area contributed by atoms with Crippen LogP contribution in [0, 0.1) is 0 Å². The highest BCUT2D eigenvalue weighted by Crippen LogP contribution is 2.35. The molecule has 0 unspecified atom stereocenters. The van der Waals surface area contributed by atoms with Crippen molar-refractivity contribution in [1.82, 2.24) is 9.97 Å². The summed E-state index contributed by atoms with van der Waals surface area (Å²) >= 11 is 1.70. The minimum atomic E-state index is -0.463. The maximum absolute atomic E-state index is 12.1. The number of nitrogens with zero attached hydrogens (tertiary/aromatic N) is 1. The number of fused-ring (bicyclic) bond motifs is 1. The number of amides is 1. The van der Waals surface area contributed by atoms with Crippen molar-refractivity contribution in [3.63, 3.8) is 0 Å². The number of anilines is 1. The van der Waals surface area contributed by atoms with Crippen LogP contribution in [0.2, 0.25) is 0 Å². The zero-order valence-electron chi connectivity index (χ0n) is 12.8. The summed E-state index contributed by atoms with van der Waals surface area (Å²) < 4.78 is 0. The van der Waals surface area contributed by atoms with Crippen molar-refractivity contribution in [2.75, 3.05) is 17.3 Å². The Hall–Kier alpha value is -1.53. The summed E-state index contributed by atoms with van der Waals surface area (Å²) in [6.45, 7) is 0. The Balaban J connectivity index is 1.70. The van der Waals surface area contributed by atoms with Gasteiger partial charge < -0.3 is 16.0 Å². The third kappa shape index (κ3) is 3.28. The van der Waals surface area contributed by atoms with Gasteiger partial charge in [0.1, 0.15) is 5.82 Å². The van der Waals surface area contributed by atoms with E-state index in [1.165, 1.54) is 19.3 Å². The van der Waals surface area contributed by atoms with E-state index in [1.54, 1.807) is 11.8 Å². The number of hydrogen-bond donors (Lipinski definition) is 3. The van der Waals surface area contributed by atoms with Crippen molar-refractivity contribution >= 4 is 34.4 Å². The van der Waals surface area contributed by atoms with Crippen LogP contribution in [0.15, 0.2) is 18.2 Å². The first kappa shape index (κ1) is 15.4. The zero-order chi connectivity index (χ0) is 15.5. The van der Waals surface area contributed by atoms with Crippen molar-refractivity contribution in [1.29, 1.82) is 0 Å². The van der Waals surface area contributed by atoms with Gasteiger partial charge in [-0.15, -0.1) is 0 Å². The quantitative estimate of drug-likeness (QED) is 0.764. The van der Waals surface area contributed by atoms with Crippen LogP contribution >= 0.6 is 11.8 Å². The number of carbonyl (C=O) groups is 1. The first-order valence-corrected chi connectivity index (χ1v) is 9.12. The van der Waals surface area contributed by atoms with Crippen molar-refractivity contribution in [2.24, 2.45) is 5.73 Å². The Bertz CT molecular complexity index is 665. The number of carbonyl (C=O) groups excluding carboxylic acids is 1. The molecule has 1 fully saturated rings. The summed E-state index contributed by atoms with van der Waals surface area (Å²) in [6.07, 6.45) is 6.42. The van der Waals surface area contributed by atoms with Gasteiger partial charge >= 0.3 is 0 Å². The molecular weight excluding hydrogens is 296 g/mol. The molecule has 0 radical (unpaired) electrons. The van der Waals surface area contributed by atoms with Gasteiger partial charge in [-0.1, -0.05) is 6.42 Å². The van der Waals surface area contributed by atoms with Crippen molar-refractivity contribution < 1.29 is 4.79 Å². The molecule has 118 valence electrons. The van der Waals surface area contributed by atoms with Crippen molar-refractivity contribution in [3.8, 4) is 0 Å². The molecule has 1 atom stereocenters. The molecule has 22 heavy (non-hydrogen) atoms. The van der Waals surface area contributed by atoms with Gasteiger partial charge in [-0.2, -0.15) is 11.8 Å². The molecular formula is C16H22N4OS. The summed E-state index contributed by atoms with van der Waals surface area (Å²) in [4.78, 5) is 20.1. The number of H-pyrrole nitrogens is 1. The van der Waals surface area contributed by atoms with Crippen LogP contribution in [0.1, 0.15) is 37.4 Å². The number of imidazole rings is 1. The normalized spacial score (nSPS) is 16.5. The lowest BCUT2D eigenvalue weighted by Gasteiger charge is -2.22. The van der Waals surface area contributed by atoms with E-state index < -0.39 is 6.04 Å². The van der Waals surface area contributed by atoms with Crippen LogP contribution in [-0.4, -0.2) is 33.9 Å². The molecule has 1 aromatic heterocycles. The van der Waals surface area contributed by atoms with Gasteiger partial charge in [0.25, 0.3) is 0 Å². The Morgan fingerprint density at radius 3 is 3.05 bits per heavy atom. The molecule has 0 spiro atoms. The molecule has 1 amide bonds. The Labute approximate surface area is 134 Å². The molecule has 0 aliphatic heterocycles. The molecule has 4 N–H and O–H groups in total. The molecule has 0 bridgehead atoms. The van der Waals surface area contributed by atoms with E-state index in [9.17, 15) is 4.79 Å². The van der Waals surface area contributed by atoms with Gasteiger partial charge in [-0.05, 0) is 49.5 Å². The van der Waals surface area contributed by atoms with E-state index >= 15 is 0 Å². The zero-order valence-corrected chi connectivity index (χ0v) is 13.6. The number of nitrogens with one attached hydrogen (secondary N) is 2. The molecule has 1 aliphatic rings. The monoisotopic (exact) mass is 318 g/mol. The maximum atomic E-state index is 12.1. The Kier molecular flexibility index (Phi) is 4.69. The fourth-order valence-electron chi connectivity index (χ4n) is 2.59. The third-order valence-corrected chi connectivity index (χ3v) is 4.87. The lowest BCUT2D eigenvalue weighted by atomic mass is 9.85. The standard InChI is InChI=1S/C16H22N4OS/c1-22-8-7-12(17)16(21)18-11-5-6-13-14(9-11)20-15(19-13)10-3-2-4-10/h5-6,9-10,12H,2-4,7-8,17H2,1H3,(H,18,21)(H,19,20)/t12-/m0/s1. The van der Waals surface area contributed by atoms with Crippen LogP contribution in [0.3, 0.4) is 0 Å². The maximum Gasteiger partial charge on any atom is 0.241 e. The molecule has 1 aromatic carbocycles. The average molecular weight is 318 g/mol. The van der Waals surface area contributed by atoms with E-state index in [0.29, 0.717) is 12.3 Å². The molecule has 0 saturated heterocycles. The Morgan fingerprint density at radius 1 is 1.55 bits per heavy atom. The molecule has 6 heteroatoms. The number of hydrogen-bond acceptors (Lipinski definition) is 4. The second-order valence-electron chi connectivity index (χ2n) is 5.86. The van der Waals surface area contributed by atoms with Gasteiger partial charge in [-0.25, -0.2) is 4.98 Å². The first-order valence-electron chi connectivity index (χ1n) is 7.72. The van der Waals surface area contributed by atoms with E-state index in [1.807, 2.05) is 24.5 Å². The predicted octanol–water partition coefficient (Wildman–Crippen LogP) is 2.85. The van der Waals surface area contributed by atoms with Gasteiger partial charge in [-0.3, -0.25) is 4.79 Å². The van der Waals surface area contributed by atoms with E-state index in [2.05, 4.69) is 15.3 Å². The van der Waals surface area contributed by atoms with Gasteiger partial charge in [0.05, 0.1) is 17.1 Å². The second kappa shape index (κ2) is 6.71. The Morgan fingerprint density at radius 2 is 2.36 bits per heavy atom. The minimum Gasteiger partial charge on any atom is -0.342 e. The van der Waals surface area contributed by atoms with Crippen LogP contribution in [0.4, 0.5) is 5.69 Å². The number of thioether (sulfide) groups is 1. The summed E-state index contributed by atoms with van der Waals surface area (Å²) in [5.74, 6) is 2.40. The lowest BCUT2D eigenvalue weighted by Crippen LogP contribution is -2.36. The highest BCUT2D eigenvalue weighted by atomic mass is 32.2. The minimum absolute atomic E-state index is 0.132. The van der Waals surface area contributed by atoms with E-state index in [0.717, 1.165) is 28.3 Å². The summed E-state index contributed by atoms with van der Waals surface area (Å²) in [5, 5.41) is 2.89. The number of benzene rings is 1. The average Bonchev–Trinajstić information content (AvgIpc) is 2.85. The lowest BCUT2D eigenvalue weighted by molar-refractivity contribution is -0.117. The predicted molar refractivity (Wildman–Crippen MR) is 92.3 cm³/mol. The molecule has 5 nitrogen and oxygen atoms in total. The fourth-order valence-corrected chi connectivity index (χ4v) is 3.08. The van der Waals surface area contributed by atoms with E-state index in [-0.39, 0.29) is 5.91 Å². The highest BCUT2D eigenvalue weighted by Gasteiger charge is 2.22. The van der Waals surface area contributed by atoms with Crippen LogP contribution < -0.4 is 11.1 Å². The summed E-state index contributed by atoms with van der Waals surface area (Å²) in [7, 11) is 0. The van der Waals surface area contributed by atoms with Crippen molar-refractivity contribution in [3.05, 3.63) is 24.0 Å². The third-order valence-electron chi connectivity index (χ3n) is 4.23. The number of nitrogens with two attached hydrogens (primary N) is 1. The highest BCUT2D eigenvalue weighted by molar-refractivity contribution is 7.98. The SMILES string of the molecule is CSCC[C@H](N)C(=O)Nc1ccc2nc(C3CCC3)[nH]c2c1. The second-order valence-corrected chi connectivity index (χ2v) is 6.84. The number of aromatic amines is 1. The van der Waals surface area contributed by atoms with Crippen molar-refractivity contribution in [2.45, 2.75) is 37.6 Å². The molecule has 2 aromatic rings.